The minimum absolute atomic E-state index is 0.195. The molecule has 0 atom stereocenters. The van der Waals surface area contributed by atoms with Crippen molar-refractivity contribution < 1.29 is 4.79 Å². The highest BCUT2D eigenvalue weighted by Crippen LogP contribution is 2.31. The van der Waals surface area contributed by atoms with E-state index in [-0.39, 0.29) is 10.6 Å². The number of halogens is 1. The number of aromatic nitrogens is 2. The van der Waals surface area contributed by atoms with Gasteiger partial charge in [-0.25, -0.2) is 9.97 Å². The lowest BCUT2D eigenvalue weighted by Crippen LogP contribution is -2.40. The first-order chi connectivity index (χ1) is 9.04. The number of rotatable bonds is 4. The molecule has 0 aromatic carbocycles. The average Bonchev–Trinajstić information content (AvgIpc) is 2.40. The van der Waals surface area contributed by atoms with Crippen LogP contribution in [-0.4, -0.2) is 47.8 Å². The van der Waals surface area contributed by atoms with Crippen molar-refractivity contribution in [2.24, 2.45) is 5.41 Å². The normalized spacial score (nSPS) is 19.1. The zero-order valence-corrected chi connectivity index (χ0v) is 12.1. The number of nitrogens with zero attached hydrogens (tertiary/aromatic N) is 3. The van der Waals surface area contributed by atoms with Gasteiger partial charge < -0.3 is 10.2 Å². The monoisotopic (exact) mass is 282 g/mol. The van der Waals surface area contributed by atoms with E-state index in [4.69, 9.17) is 11.6 Å². The largest absolute Gasteiger partial charge is 0.369 e. The quantitative estimate of drug-likeness (QED) is 0.677. The van der Waals surface area contributed by atoms with E-state index in [9.17, 15) is 4.79 Å². The molecule has 104 valence electrons. The predicted molar refractivity (Wildman–Crippen MR) is 75.8 cm³/mol. The molecule has 19 heavy (non-hydrogen) atoms. The van der Waals surface area contributed by atoms with Crippen molar-refractivity contribution >= 4 is 23.7 Å². The number of hydrogen-bond donors (Lipinski definition) is 1. The second kappa shape index (κ2) is 5.84. The third-order valence-electron chi connectivity index (χ3n) is 3.83. The molecule has 1 aliphatic rings. The van der Waals surface area contributed by atoms with E-state index in [1.165, 1.54) is 6.33 Å². The fourth-order valence-electron chi connectivity index (χ4n) is 2.25. The van der Waals surface area contributed by atoms with Gasteiger partial charge in [0.05, 0.1) is 5.56 Å². The number of nitrogens with one attached hydrogen (secondary N) is 1. The summed E-state index contributed by atoms with van der Waals surface area (Å²) in [5, 5.41) is 3.44. The molecule has 0 aliphatic carbocycles. The Hall–Kier alpha value is -1.20. The van der Waals surface area contributed by atoms with Gasteiger partial charge in [0.25, 0.3) is 0 Å². The number of likely N-dealkylation sites (tertiary alicyclic amines) is 1. The number of piperidine rings is 1. The lowest BCUT2D eigenvalue weighted by molar-refractivity contribution is 0.112. The third-order valence-corrected chi connectivity index (χ3v) is 4.13. The second-order valence-electron chi connectivity index (χ2n) is 5.51. The maximum Gasteiger partial charge on any atom is 0.156 e. The Balaban J connectivity index is 2.03. The highest BCUT2D eigenvalue weighted by molar-refractivity contribution is 6.32. The van der Waals surface area contributed by atoms with Crippen LogP contribution in [0, 0.1) is 5.41 Å². The van der Waals surface area contributed by atoms with Crippen molar-refractivity contribution in [1.82, 2.24) is 14.9 Å². The maximum absolute atomic E-state index is 11.0. The van der Waals surface area contributed by atoms with Crippen molar-refractivity contribution in [3.05, 3.63) is 17.0 Å². The molecule has 1 fully saturated rings. The van der Waals surface area contributed by atoms with E-state index in [0.717, 1.165) is 32.5 Å². The zero-order valence-electron chi connectivity index (χ0n) is 11.3. The van der Waals surface area contributed by atoms with Gasteiger partial charge in [0.1, 0.15) is 17.3 Å². The van der Waals surface area contributed by atoms with Gasteiger partial charge in [-0.1, -0.05) is 18.5 Å². The van der Waals surface area contributed by atoms with Crippen LogP contribution in [-0.2, 0) is 0 Å². The van der Waals surface area contributed by atoms with Crippen molar-refractivity contribution in [1.29, 1.82) is 0 Å². The summed E-state index contributed by atoms with van der Waals surface area (Å²) in [6.07, 6.45) is 4.33. The Morgan fingerprint density at radius 1 is 1.47 bits per heavy atom. The van der Waals surface area contributed by atoms with Gasteiger partial charge in [-0.05, 0) is 38.4 Å². The minimum Gasteiger partial charge on any atom is -0.369 e. The second-order valence-corrected chi connectivity index (χ2v) is 5.87. The van der Waals surface area contributed by atoms with Crippen LogP contribution in [0.25, 0.3) is 0 Å². The molecule has 0 spiro atoms. The molecule has 1 saturated heterocycles. The fourth-order valence-corrected chi connectivity index (χ4v) is 2.43. The lowest BCUT2D eigenvalue weighted by atomic mass is 9.80. The first-order valence-electron chi connectivity index (χ1n) is 6.42. The van der Waals surface area contributed by atoms with Gasteiger partial charge in [-0.15, -0.1) is 0 Å². The van der Waals surface area contributed by atoms with Gasteiger partial charge in [0.2, 0.25) is 0 Å². The van der Waals surface area contributed by atoms with E-state index >= 15 is 0 Å². The molecule has 0 unspecified atom stereocenters. The molecule has 0 radical (unpaired) electrons. The highest BCUT2D eigenvalue weighted by atomic mass is 35.5. The third kappa shape index (κ3) is 3.42. The van der Waals surface area contributed by atoms with Gasteiger partial charge in [0.15, 0.2) is 6.29 Å². The van der Waals surface area contributed by atoms with E-state index in [1.807, 2.05) is 0 Å². The molecular weight excluding hydrogens is 264 g/mol. The zero-order chi connectivity index (χ0) is 13.9. The molecule has 2 rings (SSSR count). The summed E-state index contributed by atoms with van der Waals surface area (Å²) >= 11 is 5.88. The van der Waals surface area contributed by atoms with Gasteiger partial charge in [-0.3, -0.25) is 4.79 Å². The van der Waals surface area contributed by atoms with Gasteiger partial charge >= 0.3 is 0 Å². The summed E-state index contributed by atoms with van der Waals surface area (Å²) in [6.45, 7) is 5.25. The summed E-state index contributed by atoms with van der Waals surface area (Å²) in [4.78, 5) is 21.2. The summed E-state index contributed by atoms with van der Waals surface area (Å²) in [5.41, 5.74) is 0.560. The fraction of sp³-hybridized carbons (Fsp3) is 0.615. The van der Waals surface area contributed by atoms with Gasteiger partial charge in [0, 0.05) is 6.54 Å². The number of aldehydes is 1. The first-order valence-corrected chi connectivity index (χ1v) is 6.80. The highest BCUT2D eigenvalue weighted by Gasteiger charge is 2.29. The van der Waals surface area contributed by atoms with E-state index in [2.05, 4.69) is 34.2 Å². The van der Waals surface area contributed by atoms with Crippen LogP contribution in [0.15, 0.2) is 6.33 Å². The molecule has 1 aromatic heterocycles. The standard InChI is InChI=1S/C13H19ClN4O/c1-13(3-5-18(2)6-4-13)8-15-12-10(7-19)11(14)16-9-17-12/h7,9H,3-6,8H2,1-2H3,(H,15,16,17). The van der Waals surface area contributed by atoms with Crippen LogP contribution in [0.1, 0.15) is 30.1 Å². The Labute approximate surface area is 118 Å². The SMILES string of the molecule is CN1CCC(C)(CNc2ncnc(Cl)c2C=O)CC1. The molecule has 0 saturated carbocycles. The Bertz CT molecular complexity index is 458. The molecule has 6 heteroatoms. The smallest absolute Gasteiger partial charge is 0.156 e. The van der Waals surface area contributed by atoms with Crippen molar-refractivity contribution in [2.75, 3.05) is 32.0 Å². The number of carbonyl (C=O) groups is 1. The number of carbonyl (C=O) groups excluding carboxylic acids is 1. The molecule has 0 amide bonds. The van der Waals surface area contributed by atoms with Crippen molar-refractivity contribution in [3.63, 3.8) is 0 Å². The van der Waals surface area contributed by atoms with Crippen LogP contribution in [0.2, 0.25) is 5.15 Å². The van der Waals surface area contributed by atoms with E-state index in [0.29, 0.717) is 17.7 Å². The van der Waals surface area contributed by atoms with Crippen molar-refractivity contribution in [3.8, 4) is 0 Å². The van der Waals surface area contributed by atoms with Crippen LogP contribution < -0.4 is 5.32 Å². The van der Waals surface area contributed by atoms with Crippen molar-refractivity contribution in [2.45, 2.75) is 19.8 Å². The average molecular weight is 283 g/mol. The Morgan fingerprint density at radius 3 is 2.79 bits per heavy atom. The van der Waals surface area contributed by atoms with Crippen LogP contribution in [0.5, 0.6) is 0 Å². The first kappa shape index (κ1) is 14.2. The molecule has 5 nitrogen and oxygen atoms in total. The lowest BCUT2D eigenvalue weighted by Gasteiger charge is -2.38. The van der Waals surface area contributed by atoms with Crippen LogP contribution >= 0.6 is 11.6 Å². The molecule has 2 heterocycles. The minimum atomic E-state index is 0.195. The summed E-state index contributed by atoms with van der Waals surface area (Å²) < 4.78 is 0. The molecule has 0 bridgehead atoms. The van der Waals surface area contributed by atoms with Crippen LogP contribution in [0.4, 0.5) is 5.82 Å². The maximum atomic E-state index is 11.0. The van der Waals surface area contributed by atoms with Gasteiger partial charge in [-0.2, -0.15) is 0 Å². The number of hydrogen-bond acceptors (Lipinski definition) is 5. The molecule has 1 N–H and O–H groups in total. The Kier molecular flexibility index (Phi) is 4.37. The predicted octanol–water partition coefficient (Wildman–Crippen LogP) is 2.09. The summed E-state index contributed by atoms with van der Waals surface area (Å²) in [7, 11) is 2.14. The molecular formula is C13H19ClN4O. The Morgan fingerprint density at radius 2 is 2.16 bits per heavy atom. The summed E-state index contributed by atoms with van der Waals surface area (Å²) in [6, 6.07) is 0. The van der Waals surface area contributed by atoms with Crippen LogP contribution in [0.3, 0.4) is 0 Å². The van der Waals surface area contributed by atoms with E-state index < -0.39 is 0 Å². The topological polar surface area (TPSA) is 58.1 Å². The summed E-state index contributed by atoms with van der Waals surface area (Å²) in [5.74, 6) is 0.523. The number of anilines is 1. The van der Waals surface area contributed by atoms with E-state index in [1.54, 1.807) is 0 Å². The molecule has 1 aromatic rings. The molecule has 1 aliphatic heterocycles.